The van der Waals surface area contributed by atoms with Gasteiger partial charge in [0, 0.05) is 25.0 Å². The predicted octanol–water partition coefficient (Wildman–Crippen LogP) is 4.50. The highest BCUT2D eigenvalue weighted by molar-refractivity contribution is 6.03. The first-order chi connectivity index (χ1) is 18.6. The molecule has 5 rings (SSSR count). The third-order valence-corrected chi connectivity index (χ3v) is 8.53. The monoisotopic (exact) mass is 534 g/mol. The lowest BCUT2D eigenvalue weighted by Crippen LogP contribution is -2.33. The molecule has 11 nitrogen and oxygen atoms in total. The summed E-state index contributed by atoms with van der Waals surface area (Å²) in [5.41, 5.74) is 0.178. The van der Waals surface area contributed by atoms with Crippen LogP contribution in [0.1, 0.15) is 82.9 Å². The van der Waals surface area contributed by atoms with Crippen LogP contribution in [-0.4, -0.2) is 52.7 Å². The van der Waals surface area contributed by atoms with Crippen LogP contribution in [0.5, 0.6) is 0 Å². The molecule has 2 fully saturated rings. The van der Waals surface area contributed by atoms with Crippen LogP contribution >= 0.6 is 0 Å². The Morgan fingerprint density at radius 2 is 1.85 bits per heavy atom. The van der Waals surface area contributed by atoms with Crippen molar-refractivity contribution in [1.82, 2.24) is 29.8 Å². The normalized spacial score (nSPS) is 22.1. The first-order valence-corrected chi connectivity index (χ1v) is 13.9. The summed E-state index contributed by atoms with van der Waals surface area (Å²) in [6.45, 7) is 6.78. The average Bonchev–Trinajstić information content (AvgIpc) is 3.23. The number of imidazole rings is 1. The second-order valence-electron chi connectivity index (χ2n) is 11.5. The third kappa shape index (κ3) is 5.59. The van der Waals surface area contributed by atoms with Gasteiger partial charge in [-0.25, -0.2) is 19.7 Å². The van der Waals surface area contributed by atoms with Crippen molar-refractivity contribution in [2.75, 3.05) is 5.32 Å². The third-order valence-electron chi connectivity index (χ3n) is 8.53. The summed E-state index contributed by atoms with van der Waals surface area (Å²) in [6, 6.07) is 3.66. The van der Waals surface area contributed by atoms with Crippen molar-refractivity contribution in [1.29, 1.82) is 5.41 Å². The van der Waals surface area contributed by atoms with Gasteiger partial charge in [-0.05, 0) is 75.0 Å². The van der Waals surface area contributed by atoms with Gasteiger partial charge >= 0.3 is 6.09 Å². The van der Waals surface area contributed by atoms with Crippen LogP contribution in [0.3, 0.4) is 0 Å². The van der Waals surface area contributed by atoms with E-state index < -0.39 is 17.5 Å². The predicted molar refractivity (Wildman–Crippen MR) is 148 cm³/mol. The van der Waals surface area contributed by atoms with Gasteiger partial charge in [-0.15, -0.1) is 0 Å². The van der Waals surface area contributed by atoms with Crippen molar-refractivity contribution in [3.05, 3.63) is 41.7 Å². The zero-order valence-corrected chi connectivity index (χ0v) is 22.8. The van der Waals surface area contributed by atoms with Gasteiger partial charge in [-0.3, -0.25) is 15.7 Å². The summed E-state index contributed by atoms with van der Waals surface area (Å²) in [5.74, 6) is 2.06. The van der Waals surface area contributed by atoms with E-state index in [1.54, 1.807) is 31.5 Å². The van der Waals surface area contributed by atoms with Crippen LogP contribution in [0.4, 0.5) is 10.6 Å². The minimum Gasteiger partial charge on any atom is -0.465 e. The van der Waals surface area contributed by atoms with Crippen LogP contribution in [0.25, 0.3) is 11.2 Å². The van der Waals surface area contributed by atoms with Crippen molar-refractivity contribution in [3.63, 3.8) is 0 Å². The number of hydrogen-bond acceptors (Lipinski definition) is 8. The number of carboxylic acid groups (broad SMARTS) is 1. The molecular formula is C28H38N8O3. The van der Waals surface area contributed by atoms with Gasteiger partial charge in [0.05, 0.1) is 0 Å². The molecular weight excluding hydrogens is 496 g/mol. The Bertz CT molecular complexity index is 1340. The quantitative estimate of drug-likeness (QED) is 0.208. The zero-order chi connectivity index (χ0) is 27.7. The van der Waals surface area contributed by atoms with Crippen molar-refractivity contribution >= 4 is 28.9 Å². The zero-order valence-electron chi connectivity index (χ0n) is 22.8. The van der Waals surface area contributed by atoms with Crippen molar-refractivity contribution in [3.8, 4) is 0 Å². The number of aliphatic hydroxyl groups is 1. The van der Waals surface area contributed by atoms with Gasteiger partial charge in [0.2, 0.25) is 0 Å². The molecule has 2 aliphatic carbocycles. The highest BCUT2D eigenvalue weighted by atomic mass is 16.4. The van der Waals surface area contributed by atoms with Crippen LogP contribution in [0.15, 0.2) is 24.5 Å². The highest BCUT2D eigenvalue weighted by Crippen LogP contribution is 2.37. The lowest BCUT2D eigenvalue weighted by atomic mass is 9.80. The molecule has 3 aromatic rings. The summed E-state index contributed by atoms with van der Waals surface area (Å²) in [7, 11) is 0. The molecule has 11 heteroatoms. The van der Waals surface area contributed by atoms with Crippen LogP contribution in [0, 0.1) is 23.2 Å². The molecule has 208 valence electrons. The molecule has 0 bridgehead atoms. The van der Waals surface area contributed by atoms with E-state index in [4.69, 9.17) is 10.4 Å². The number of anilines is 1. The number of rotatable bonds is 8. The molecule has 0 saturated heterocycles. The largest absolute Gasteiger partial charge is 0.465 e. The number of fused-ring (bicyclic) bond motifs is 1. The number of amides is 1. The van der Waals surface area contributed by atoms with Gasteiger partial charge < -0.3 is 20.1 Å². The molecule has 1 amide bonds. The minimum atomic E-state index is -1.45. The summed E-state index contributed by atoms with van der Waals surface area (Å²) in [4.78, 5) is 29.4. The van der Waals surface area contributed by atoms with Crippen molar-refractivity contribution in [2.45, 2.75) is 83.9 Å². The maximum atomic E-state index is 11.9. The second-order valence-corrected chi connectivity index (χ2v) is 11.5. The summed E-state index contributed by atoms with van der Waals surface area (Å²) in [5, 5.41) is 34.9. The molecule has 0 aliphatic heterocycles. The maximum Gasteiger partial charge on any atom is 0.410 e. The molecule has 3 heterocycles. The smallest absolute Gasteiger partial charge is 0.410 e. The van der Waals surface area contributed by atoms with Gasteiger partial charge in [0.15, 0.2) is 23.1 Å². The lowest BCUT2D eigenvalue weighted by molar-refractivity contribution is 0.0865. The summed E-state index contributed by atoms with van der Waals surface area (Å²) >= 11 is 0. The SMILES string of the molecule is CC1CCC(Cn2c(C(C)(O)c3ccncc3)nc3nc(C(=N)NC(=O)O)nc(N[C@H](C)C4CCC4)c32)CC1. The Morgan fingerprint density at radius 1 is 1.15 bits per heavy atom. The fourth-order valence-electron chi connectivity index (χ4n) is 5.81. The fourth-order valence-corrected chi connectivity index (χ4v) is 5.81. The van der Waals surface area contributed by atoms with E-state index in [1.165, 1.54) is 6.42 Å². The Kier molecular flexibility index (Phi) is 7.53. The van der Waals surface area contributed by atoms with Crippen LogP contribution in [0.2, 0.25) is 0 Å². The lowest BCUT2D eigenvalue weighted by Gasteiger charge is -2.33. The molecule has 0 spiro atoms. The number of nitrogens with zero attached hydrogens (tertiary/aromatic N) is 5. The van der Waals surface area contributed by atoms with E-state index >= 15 is 0 Å². The Hall–Kier alpha value is -3.60. The Balaban J connectivity index is 1.67. The van der Waals surface area contributed by atoms with E-state index in [2.05, 4.69) is 39.4 Å². The van der Waals surface area contributed by atoms with E-state index in [-0.39, 0.29) is 11.9 Å². The van der Waals surface area contributed by atoms with Gasteiger partial charge in [-0.2, -0.15) is 0 Å². The highest BCUT2D eigenvalue weighted by Gasteiger charge is 2.35. The standard InChI is InChI=1S/C28H38N8O3/c1-16-7-9-18(10-8-16)15-36-21-23(31-17(2)19-5-4-6-19)33-25(22(29)32-27(37)38)34-24(21)35-26(36)28(3,39)20-11-13-30-14-12-20/h11-14,16-19,39H,4-10,15H2,1-3H3,(H2,29,32)(H,37,38)(H,31,33,34)/t16?,17-,18?,28?/m1/s1. The van der Waals surface area contributed by atoms with Gasteiger partial charge in [0.1, 0.15) is 16.9 Å². The summed E-state index contributed by atoms with van der Waals surface area (Å²) < 4.78 is 2.05. The van der Waals surface area contributed by atoms with Crippen molar-refractivity contribution < 1.29 is 15.0 Å². The van der Waals surface area contributed by atoms with E-state index in [0.717, 1.165) is 38.5 Å². The molecule has 39 heavy (non-hydrogen) atoms. The molecule has 0 radical (unpaired) electrons. The van der Waals surface area contributed by atoms with Crippen LogP contribution < -0.4 is 10.6 Å². The number of amidine groups is 1. The summed E-state index contributed by atoms with van der Waals surface area (Å²) in [6.07, 6.45) is 9.89. The minimum absolute atomic E-state index is 0.0699. The van der Waals surface area contributed by atoms with Gasteiger partial charge in [0.25, 0.3) is 0 Å². The maximum absolute atomic E-state index is 11.9. The fraction of sp³-hybridized carbons (Fsp3) is 0.571. The Labute approximate surface area is 228 Å². The first-order valence-electron chi connectivity index (χ1n) is 13.9. The number of pyridine rings is 1. The number of carbonyl (C=O) groups is 1. The molecule has 2 atom stereocenters. The molecule has 1 unspecified atom stereocenters. The molecule has 5 N–H and O–H groups in total. The van der Waals surface area contributed by atoms with Crippen molar-refractivity contribution in [2.24, 2.45) is 17.8 Å². The van der Waals surface area contributed by atoms with E-state index in [1.807, 2.05) is 4.57 Å². The second kappa shape index (κ2) is 10.9. The molecule has 0 aromatic carbocycles. The molecule has 2 saturated carbocycles. The molecule has 3 aromatic heterocycles. The number of aromatic nitrogens is 5. The van der Waals surface area contributed by atoms with E-state index in [0.29, 0.717) is 52.7 Å². The number of nitrogens with one attached hydrogen (secondary N) is 3. The Morgan fingerprint density at radius 3 is 2.46 bits per heavy atom. The average molecular weight is 535 g/mol. The number of hydrogen-bond donors (Lipinski definition) is 5. The first kappa shape index (κ1) is 27.0. The van der Waals surface area contributed by atoms with Crippen LogP contribution in [-0.2, 0) is 12.1 Å². The van der Waals surface area contributed by atoms with E-state index in [9.17, 15) is 15.0 Å². The molecule has 2 aliphatic rings. The topological polar surface area (TPSA) is 162 Å². The van der Waals surface area contributed by atoms with Gasteiger partial charge in [-0.1, -0.05) is 26.2 Å².